The van der Waals surface area contributed by atoms with Crippen LogP contribution in [0.1, 0.15) is 22.5 Å². The van der Waals surface area contributed by atoms with Gasteiger partial charge in [-0.05, 0) is 18.9 Å². The first kappa shape index (κ1) is 14.5. The number of aromatic amines is 1. The van der Waals surface area contributed by atoms with Gasteiger partial charge in [0.1, 0.15) is 5.02 Å². The Labute approximate surface area is 124 Å². The number of H-pyrrole nitrogens is 1. The van der Waals surface area contributed by atoms with Crippen LogP contribution in [0.15, 0.2) is 22.4 Å². The van der Waals surface area contributed by atoms with Crippen LogP contribution in [0.4, 0.5) is 5.13 Å². The second-order valence-electron chi connectivity index (χ2n) is 4.10. The minimum Gasteiger partial charge on any atom is -0.375 e. The fraction of sp³-hybridized carbons (Fsp3) is 0.250. The SMILES string of the molecule is Nc1nc(CCCNC(=O)c2c[nH]c(=O)c(Cl)c2)cs1. The third kappa shape index (κ3) is 3.82. The summed E-state index contributed by atoms with van der Waals surface area (Å²) in [6, 6.07) is 1.34. The van der Waals surface area contributed by atoms with Gasteiger partial charge >= 0.3 is 0 Å². The van der Waals surface area contributed by atoms with Gasteiger partial charge in [-0.25, -0.2) is 4.98 Å². The van der Waals surface area contributed by atoms with Crippen molar-refractivity contribution in [3.63, 3.8) is 0 Å². The number of hydrogen-bond acceptors (Lipinski definition) is 5. The van der Waals surface area contributed by atoms with E-state index in [1.165, 1.54) is 23.6 Å². The Morgan fingerprint density at radius 2 is 2.35 bits per heavy atom. The van der Waals surface area contributed by atoms with E-state index in [0.717, 1.165) is 18.5 Å². The molecule has 0 fully saturated rings. The van der Waals surface area contributed by atoms with Crippen molar-refractivity contribution in [2.45, 2.75) is 12.8 Å². The van der Waals surface area contributed by atoms with Crippen molar-refractivity contribution >= 4 is 34.0 Å². The highest BCUT2D eigenvalue weighted by atomic mass is 35.5. The summed E-state index contributed by atoms with van der Waals surface area (Å²) >= 11 is 7.06. The summed E-state index contributed by atoms with van der Waals surface area (Å²) in [5.74, 6) is -0.277. The molecule has 2 aromatic heterocycles. The lowest BCUT2D eigenvalue weighted by atomic mass is 10.2. The van der Waals surface area contributed by atoms with E-state index in [4.69, 9.17) is 17.3 Å². The molecule has 1 amide bonds. The first-order valence-corrected chi connectivity index (χ1v) is 7.18. The second kappa shape index (κ2) is 6.53. The van der Waals surface area contributed by atoms with Crippen molar-refractivity contribution in [3.8, 4) is 0 Å². The van der Waals surface area contributed by atoms with Crippen LogP contribution in [0, 0.1) is 0 Å². The number of hydrogen-bond donors (Lipinski definition) is 3. The maximum atomic E-state index is 11.8. The molecule has 0 aliphatic carbocycles. The molecule has 0 aliphatic rings. The van der Waals surface area contributed by atoms with E-state index in [9.17, 15) is 9.59 Å². The van der Waals surface area contributed by atoms with Crippen LogP contribution in [0.3, 0.4) is 0 Å². The van der Waals surface area contributed by atoms with Gasteiger partial charge in [0, 0.05) is 18.1 Å². The number of halogens is 1. The third-order valence-electron chi connectivity index (χ3n) is 2.58. The molecule has 20 heavy (non-hydrogen) atoms. The van der Waals surface area contributed by atoms with Crippen molar-refractivity contribution in [3.05, 3.63) is 44.3 Å². The Morgan fingerprint density at radius 1 is 1.55 bits per heavy atom. The van der Waals surface area contributed by atoms with Gasteiger partial charge in [0.2, 0.25) is 0 Å². The van der Waals surface area contributed by atoms with E-state index in [0.29, 0.717) is 17.2 Å². The summed E-state index contributed by atoms with van der Waals surface area (Å²) in [5, 5.41) is 5.19. The largest absolute Gasteiger partial charge is 0.375 e. The van der Waals surface area contributed by atoms with Crippen molar-refractivity contribution in [2.75, 3.05) is 12.3 Å². The Hall–Kier alpha value is -1.86. The third-order valence-corrected chi connectivity index (χ3v) is 3.59. The van der Waals surface area contributed by atoms with Crippen LogP contribution in [-0.4, -0.2) is 22.4 Å². The van der Waals surface area contributed by atoms with Crippen LogP contribution in [0.2, 0.25) is 5.02 Å². The van der Waals surface area contributed by atoms with E-state index < -0.39 is 5.56 Å². The molecule has 2 aromatic rings. The van der Waals surface area contributed by atoms with Crippen molar-refractivity contribution < 1.29 is 4.79 Å². The van der Waals surface area contributed by atoms with E-state index in [1.54, 1.807) is 0 Å². The number of nitrogens with one attached hydrogen (secondary N) is 2. The van der Waals surface area contributed by atoms with Gasteiger partial charge in [-0.15, -0.1) is 11.3 Å². The lowest BCUT2D eigenvalue weighted by Gasteiger charge is -2.04. The Bertz CT molecular complexity index is 667. The van der Waals surface area contributed by atoms with E-state index in [2.05, 4.69) is 15.3 Å². The second-order valence-corrected chi connectivity index (χ2v) is 5.40. The van der Waals surface area contributed by atoms with Gasteiger partial charge in [0.05, 0.1) is 11.3 Å². The van der Waals surface area contributed by atoms with Gasteiger partial charge in [0.15, 0.2) is 5.13 Å². The zero-order valence-electron chi connectivity index (χ0n) is 10.5. The quantitative estimate of drug-likeness (QED) is 0.727. The number of carbonyl (C=O) groups is 1. The van der Waals surface area contributed by atoms with E-state index in [-0.39, 0.29) is 10.9 Å². The number of nitrogens with zero attached hydrogens (tertiary/aromatic N) is 1. The lowest BCUT2D eigenvalue weighted by molar-refractivity contribution is 0.0953. The number of rotatable bonds is 5. The summed E-state index contributed by atoms with van der Waals surface area (Å²) in [5.41, 5.74) is 6.37. The number of nitrogens with two attached hydrogens (primary N) is 1. The number of aryl methyl sites for hydroxylation is 1. The average Bonchev–Trinajstić information content (AvgIpc) is 2.83. The number of aromatic nitrogens is 2. The Morgan fingerprint density at radius 3 is 3.00 bits per heavy atom. The Balaban J connectivity index is 1.80. The van der Waals surface area contributed by atoms with E-state index in [1.807, 2.05) is 5.38 Å². The standard InChI is InChI=1S/C12H13ClN4O2S/c13-9-4-7(5-16-11(9)19)10(18)15-3-1-2-8-6-20-12(14)17-8/h4-6H,1-3H2,(H2,14,17)(H,15,18)(H,16,19). The van der Waals surface area contributed by atoms with Crippen molar-refractivity contribution in [2.24, 2.45) is 0 Å². The monoisotopic (exact) mass is 312 g/mol. The molecule has 8 heteroatoms. The van der Waals surface area contributed by atoms with Gasteiger partial charge in [-0.3, -0.25) is 9.59 Å². The fourth-order valence-corrected chi connectivity index (χ4v) is 2.37. The van der Waals surface area contributed by atoms with Gasteiger partial charge in [-0.1, -0.05) is 11.6 Å². The van der Waals surface area contributed by atoms with Crippen LogP contribution in [-0.2, 0) is 6.42 Å². The normalized spacial score (nSPS) is 10.4. The molecule has 6 nitrogen and oxygen atoms in total. The number of amides is 1. The summed E-state index contributed by atoms with van der Waals surface area (Å²) in [6.07, 6.45) is 2.84. The predicted molar refractivity (Wildman–Crippen MR) is 79.3 cm³/mol. The fourth-order valence-electron chi connectivity index (χ4n) is 1.60. The highest BCUT2D eigenvalue weighted by molar-refractivity contribution is 7.13. The van der Waals surface area contributed by atoms with Crippen molar-refractivity contribution in [1.29, 1.82) is 0 Å². The number of pyridine rings is 1. The number of carbonyl (C=O) groups excluding carboxylic acids is 1. The Kier molecular flexibility index (Phi) is 4.75. The molecule has 4 N–H and O–H groups in total. The molecule has 0 unspecified atom stereocenters. The number of thiazole rings is 1. The minimum absolute atomic E-state index is 0.00408. The number of anilines is 1. The van der Waals surface area contributed by atoms with Crippen LogP contribution < -0.4 is 16.6 Å². The molecule has 0 atom stereocenters. The van der Waals surface area contributed by atoms with E-state index >= 15 is 0 Å². The molecular weight excluding hydrogens is 300 g/mol. The molecule has 0 aromatic carbocycles. The molecule has 0 saturated heterocycles. The van der Waals surface area contributed by atoms with Gasteiger partial charge in [0.25, 0.3) is 11.5 Å². The summed E-state index contributed by atoms with van der Waals surface area (Å²) < 4.78 is 0. The maximum absolute atomic E-state index is 11.8. The molecule has 0 aliphatic heterocycles. The highest BCUT2D eigenvalue weighted by Crippen LogP contribution is 2.12. The number of nitrogen functional groups attached to an aromatic ring is 1. The molecule has 0 spiro atoms. The van der Waals surface area contributed by atoms with Gasteiger partial charge < -0.3 is 16.0 Å². The van der Waals surface area contributed by atoms with Gasteiger partial charge in [-0.2, -0.15) is 0 Å². The molecule has 2 rings (SSSR count). The summed E-state index contributed by atoms with van der Waals surface area (Å²) in [4.78, 5) is 29.4. The molecule has 106 valence electrons. The topological polar surface area (TPSA) is 101 Å². The molecule has 2 heterocycles. The minimum atomic E-state index is -0.413. The summed E-state index contributed by atoms with van der Waals surface area (Å²) in [7, 11) is 0. The molecule has 0 radical (unpaired) electrons. The first-order valence-electron chi connectivity index (χ1n) is 5.92. The zero-order valence-corrected chi connectivity index (χ0v) is 12.1. The predicted octanol–water partition coefficient (Wildman–Crippen LogP) is 1.43. The average molecular weight is 313 g/mol. The molecular formula is C12H13ClN4O2S. The smallest absolute Gasteiger partial charge is 0.266 e. The molecule has 0 saturated carbocycles. The summed E-state index contributed by atoms with van der Waals surface area (Å²) in [6.45, 7) is 0.507. The van der Waals surface area contributed by atoms with Crippen LogP contribution in [0.25, 0.3) is 0 Å². The van der Waals surface area contributed by atoms with Crippen LogP contribution >= 0.6 is 22.9 Å². The maximum Gasteiger partial charge on any atom is 0.266 e. The highest BCUT2D eigenvalue weighted by Gasteiger charge is 2.07. The lowest BCUT2D eigenvalue weighted by Crippen LogP contribution is -2.25. The zero-order chi connectivity index (χ0) is 14.5. The molecule has 0 bridgehead atoms. The van der Waals surface area contributed by atoms with Crippen molar-refractivity contribution in [1.82, 2.24) is 15.3 Å². The first-order chi connectivity index (χ1) is 9.56. The van der Waals surface area contributed by atoms with Crippen LogP contribution in [0.5, 0.6) is 0 Å².